The normalized spacial score (nSPS) is 18.8. The molecule has 1 aliphatic rings. The van der Waals surface area contributed by atoms with Crippen LogP contribution in [0.5, 0.6) is 0 Å². The van der Waals surface area contributed by atoms with Gasteiger partial charge < -0.3 is 5.32 Å². The first-order valence-electron chi connectivity index (χ1n) is 8.57. The van der Waals surface area contributed by atoms with E-state index in [-0.39, 0.29) is 0 Å². The summed E-state index contributed by atoms with van der Waals surface area (Å²) in [6.45, 7) is 6.10. The molecular formula is C19H26N4. The molecule has 1 atom stereocenters. The Kier molecular flexibility index (Phi) is 5.72. The van der Waals surface area contributed by atoms with Crippen LogP contribution in [0.4, 0.5) is 0 Å². The first kappa shape index (κ1) is 16.1. The summed E-state index contributed by atoms with van der Waals surface area (Å²) < 4.78 is 0. The fourth-order valence-corrected chi connectivity index (χ4v) is 3.18. The van der Waals surface area contributed by atoms with Crippen molar-refractivity contribution in [1.29, 1.82) is 0 Å². The molecule has 0 aliphatic carbocycles. The molecule has 0 aromatic carbocycles. The van der Waals surface area contributed by atoms with E-state index in [9.17, 15) is 0 Å². The number of hydrogen-bond acceptors (Lipinski definition) is 4. The van der Waals surface area contributed by atoms with Gasteiger partial charge in [0.25, 0.3) is 0 Å². The van der Waals surface area contributed by atoms with Crippen molar-refractivity contribution in [3.05, 3.63) is 59.7 Å². The van der Waals surface area contributed by atoms with Crippen LogP contribution in [-0.2, 0) is 13.1 Å². The predicted octanol–water partition coefficient (Wildman–Crippen LogP) is 2.93. The average molecular weight is 310 g/mol. The number of nitrogens with zero attached hydrogens (tertiary/aromatic N) is 3. The molecule has 122 valence electrons. The van der Waals surface area contributed by atoms with Gasteiger partial charge in [-0.3, -0.25) is 14.9 Å². The highest BCUT2D eigenvalue weighted by atomic mass is 15.2. The van der Waals surface area contributed by atoms with Crippen molar-refractivity contribution in [3.63, 3.8) is 0 Å². The third-order valence-corrected chi connectivity index (χ3v) is 4.49. The molecule has 2 aromatic heterocycles. The maximum absolute atomic E-state index is 4.60. The van der Waals surface area contributed by atoms with Crippen LogP contribution in [0.3, 0.4) is 0 Å². The second-order valence-electron chi connectivity index (χ2n) is 6.39. The summed E-state index contributed by atoms with van der Waals surface area (Å²) in [5.74, 6) is 0. The van der Waals surface area contributed by atoms with Crippen LogP contribution >= 0.6 is 0 Å². The SMILES string of the molecule is Cc1ccc(CN(Cc2ccccn2)[C@@H]2CCCNCC2)nc1. The predicted molar refractivity (Wildman–Crippen MR) is 93.0 cm³/mol. The van der Waals surface area contributed by atoms with E-state index in [1.165, 1.54) is 24.8 Å². The van der Waals surface area contributed by atoms with Gasteiger partial charge >= 0.3 is 0 Å². The van der Waals surface area contributed by atoms with Crippen molar-refractivity contribution in [2.24, 2.45) is 0 Å². The van der Waals surface area contributed by atoms with E-state index < -0.39 is 0 Å². The Labute approximate surface area is 139 Å². The molecule has 3 rings (SSSR count). The fourth-order valence-electron chi connectivity index (χ4n) is 3.18. The maximum atomic E-state index is 4.60. The Morgan fingerprint density at radius 2 is 1.91 bits per heavy atom. The number of nitrogens with one attached hydrogen (secondary N) is 1. The van der Waals surface area contributed by atoms with Gasteiger partial charge in [-0.05, 0) is 63.0 Å². The highest BCUT2D eigenvalue weighted by Crippen LogP contribution is 2.18. The lowest BCUT2D eigenvalue weighted by Gasteiger charge is -2.30. The highest BCUT2D eigenvalue weighted by Gasteiger charge is 2.21. The summed E-state index contributed by atoms with van der Waals surface area (Å²) in [5, 5.41) is 3.51. The minimum atomic E-state index is 0.593. The minimum Gasteiger partial charge on any atom is -0.317 e. The second-order valence-corrected chi connectivity index (χ2v) is 6.39. The van der Waals surface area contributed by atoms with Gasteiger partial charge in [-0.25, -0.2) is 0 Å². The molecule has 4 nitrogen and oxygen atoms in total. The Morgan fingerprint density at radius 1 is 1.04 bits per heavy atom. The molecule has 2 aromatic rings. The zero-order valence-corrected chi connectivity index (χ0v) is 13.9. The molecule has 0 amide bonds. The first-order valence-corrected chi connectivity index (χ1v) is 8.57. The smallest absolute Gasteiger partial charge is 0.0544 e. The van der Waals surface area contributed by atoms with Gasteiger partial charge in [0.1, 0.15) is 0 Å². The first-order chi connectivity index (χ1) is 11.3. The van der Waals surface area contributed by atoms with Crippen LogP contribution in [-0.4, -0.2) is 34.0 Å². The molecule has 0 saturated carbocycles. The van der Waals surface area contributed by atoms with Crippen molar-refractivity contribution in [3.8, 4) is 0 Å². The fraction of sp³-hybridized carbons (Fsp3) is 0.474. The summed E-state index contributed by atoms with van der Waals surface area (Å²) in [6.07, 6.45) is 7.52. The van der Waals surface area contributed by atoms with Crippen molar-refractivity contribution < 1.29 is 0 Å². The van der Waals surface area contributed by atoms with E-state index >= 15 is 0 Å². The summed E-state index contributed by atoms with van der Waals surface area (Å²) in [5.41, 5.74) is 3.49. The summed E-state index contributed by atoms with van der Waals surface area (Å²) in [6, 6.07) is 11.1. The standard InChI is InChI=1S/C19H26N4/c1-16-7-8-18(22-13-16)15-23(14-17-5-2-3-11-21-17)19-6-4-10-20-12-9-19/h2-3,5,7-8,11,13,19-20H,4,6,9-10,12,14-15H2,1H3/t19-/m1/s1. The van der Waals surface area contributed by atoms with Crippen LogP contribution < -0.4 is 5.32 Å². The summed E-state index contributed by atoms with van der Waals surface area (Å²) in [4.78, 5) is 11.7. The molecule has 1 aliphatic heterocycles. The Hall–Kier alpha value is -1.78. The van der Waals surface area contributed by atoms with E-state index in [1.807, 2.05) is 18.5 Å². The van der Waals surface area contributed by atoms with Crippen molar-refractivity contribution in [1.82, 2.24) is 20.2 Å². The highest BCUT2D eigenvalue weighted by molar-refractivity contribution is 5.12. The molecule has 1 fully saturated rings. The molecule has 1 N–H and O–H groups in total. The maximum Gasteiger partial charge on any atom is 0.0544 e. The molecule has 1 saturated heterocycles. The van der Waals surface area contributed by atoms with Gasteiger partial charge in [-0.15, -0.1) is 0 Å². The lowest BCUT2D eigenvalue weighted by atomic mass is 10.1. The Balaban J connectivity index is 1.75. The van der Waals surface area contributed by atoms with Gasteiger partial charge in [0.15, 0.2) is 0 Å². The van der Waals surface area contributed by atoms with E-state index in [1.54, 1.807) is 0 Å². The number of rotatable bonds is 5. The van der Waals surface area contributed by atoms with Crippen LogP contribution in [0.1, 0.15) is 36.2 Å². The molecule has 0 bridgehead atoms. The average Bonchev–Trinajstić information content (AvgIpc) is 2.86. The van der Waals surface area contributed by atoms with Gasteiger partial charge in [-0.1, -0.05) is 12.1 Å². The van der Waals surface area contributed by atoms with Gasteiger partial charge in [0.05, 0.1) is 11.4 Å². The molecule has 4 heteroatoms. The van der Waals surface area contributed by atoms with Crippen LogP contribution in [0.2, 0.25) is 0 Å². The minimum absolute atomic E-state index is 0.593. The molecule has 0 radical (unpaired) electrons. The van der Waals surface area contributed by atoms with E-state index in [0.717, 1.165) is 37.6 Å². The largest absolute Gasteiger partial charge is 0.317 e. The number of hydrogen-bond donors (Lipinski definition) is 1. The van der Waals surface area contributed by atoms with E-state index in [0.29, 0.717) is 6.04 Å². The lowest BCUT2D eigenvalue weighted by molar-refractivity contribution is 0.160. The molecule has 23 heavy (non-hydrogen) atoms. The van der Waals surface area contributed by atoms with Gasteiger partial charge in [0, 0.05) is 31.5 Å². The van der Waals surface area contributed by atoms with Crippen molar-refractivity contribution in [2.75, 3.05) is 13.1 Å². The third-order valence-electron chi connectivity index (χ3n) is 4.49. The van der Waals surface area contributed by atoms with Crippen LogP contribution in [0.15, 0.2) is 42.7 Å². The van der Waals surface area contributed by atoms with E-state index in [2.05, 4.69) is 51.4 Å². The third kappa shape index (κ3) is 4.85. The van der Waals surface area contributed by atoms with Crippen molar-refractivity contribution >= 4 is 0 Å². The number of aryl methyl sites for hydroxylation is 1. The topological polar surface area (TPSA) is 41.1 Å². The zero-order valence-electron chi connectivity index (χ0n) is 13.9. The van der Waals surface area contributed by atoms with Crippen LogP contribution in [0.25, 0.3) is 0 Å². The monoisotopic (exact) mass is 310 g/mol. The quantitative estimate of drug-likeness (QED) is 0.922. The van der Waals surface area contributed by atoms with Crippen molar-refractivity contribution in [2.45, 2.75) is 45.3 Å². The second kappa shape index (κ2) is 8.18. The summed E-state index contributed by atoms with van der Waals surface area (Å²) >= 11 is 0. The molecule has 0 spiro atoms. The zero-order chi connectivity index (χ0) is 15.9. The van der Waals surface area contributed by atoms with Crippen LogP contribution in [0, 0.1) is 6.92 Å². The molecular weight excluding hydrogens is 284 g/mol. The lowest BCUT2D eigenvalue weighted by Crippen LogP contribution is -2.35. The van der Waals surface area contributed by atoms with E-state index in [4.69, 9.17) is 0 Å². The number of aromatic nitrogens is 2. The van der Waals surface area contributed by atoms with Gasteiger partial charge in [0.2, 0.25) is 0 Å². The summed E-state index contributed by atoms with van der Waals surface area (Å²) in [7, 11) is 0. The molecule has 0 unspecified atom stereocenters. The molecule has 3 heterocycles. The Morgan fingerprint density at radius 3 is 2.65 bits per heavy atom. The van der Waals surface area contributed by atoms with Gasteiger partial charge in [-0.2, -0.15) is 0 Å². The number of pyridine rings is 2. The Bertz CT molecular complexity index is 574.